The summed E-state index contributed by atoms with van der Waals surface area (Å²) in [5.41, 5.74) is 0.894. The molecular weight excluding hydrogens is 314 g/mol. The number of aryl methyl sites for hydroxylation is 1. The third kappa shape index (κ3) is 2.87. The van der Waals surface area contributed by atoms with Gasteiger partial charge in [0.2, 0.25) is 10.0 Å². The first-order chi connectivity index (χ1) is 11.0. The Morgan fingerprint density at radius 3 is 2.70 bits per heavy atom. The van der Waals surface area contributed by atoms with Crippen LogP contribution in [0.1, 0.15) is 35.8 Å². The first-order valence-electron chi connectivity index (χ1n) is 7.43. The maximum absolute atomic E-state index is 12.8. The Kier molecular flexibility index (Phi) is 4.20. The van der Waals surface area contributed by atoms with Gasteiger partial charge in [0, 0.05) is 19.0 Å². The molecule has 1 aromatic heterocycles. The van der Waals surface area contributed by atoms with Gasteiger partial charge >= 0.3 is 0 Å². The zero-order valence-electron chi connectivity index (χ0n) is 12.8. The van der Waals surface area contributed by atoms with Crippen LogP contribution >= 0.6 is 0 Å². The molecule has 3 rings (SSSR count). The molecule has 1 saturated heterocycles. The second-order valence-corrected chi connectivity index (χ2v) is 7.51. The minimum atomic E-state index is -3.66. The average molecular weight is 331 g/mol. The van der Waals surface area contributed by atoms with Gasteiger partial charge in [0.25, 0.3) is 0 Å². The molecule has 0 saturated carbocycles. The predicted molar refractivity (Wildman–Crippen MR) is 83.1 cm³/mol. The molecule has 23 heavy (non-hydrogen) atoms. The summed E-state index contributed by atoms with van der Waals surface area (Å²) in [4.78, 5) is 4.24. The molecule has 0 bridgehead atoms. The van der Waals surface area contributed by atoms with Crippen molar-refractivity contribution in [3.8, 4) is 6.07 Å². The Morgan fingerprint density at radius 2 is 2.09 bits per heavy atom. The zero-order valence-corrected chi connectivity index (χ0v) is 13.6. The van der Waals surface area contributed by atoms with Crippen molar-refractivity contribution < 1.29 is 12.8 Å². The number of hydrogen-bond acceptors (Lipinski definition) is 5. The molecule has 0 N–H and O–H groups in total. The summed E-state index contributed by atoms with van der Waals surface area (Å²) >= 11 is 0. The van der Waals surface area contributed by atoms with Crippen LogP contribution in [-0.2, 0) is 10.0 Å². The zero-order chi connectivity index (χ0) is 16.4. The molecule has 1 aromatic carbocycles. The van der Waals surface area contributed by atoms with Crippen LogP contribution in [0.3, 0.4) is 0 Å². The Labute approximate surface area is 135 Å². The highest BCUT2D eigenvalue weighted by atomic mass is 32.2. The fourth-order valence-corrected chi connectivity index (χ4v) is 4.60. The molecule has 1 fully saturated rings. The van der Waals surface area contributed by atoms with Crippen molar-refractivity contribution in [1.29, 1.82) is 5.26 Å². The van der Waals surface area contributed by atoms with Crippen molar-refractivity contribution in [3.63, 3.8) is 0 Å². The molecular formula is C16H17N3O3S. The lowest BCUT2D eigenvalue weighted by molar-refractivity contribution is 0.290. The Hall–Kier alpha value is -2.17. The van der Waals surface area contributed by atoms with E-state index in [4.69, 9.17) is 4.42 Å². The number of piperidine rings is 1. The summed E-state index contributed by atoms with van der Waals surface area (Å²) < 4.78 is 32.5. The number of nitrogens with zero attached hydrogens (tertiary/aromatic N) is 3. The first-order valence-corrected chi connectivity index (χ1v) is 8.87. The predicted octanol–water partition coefficient (Wildman–Crippen LogP) is 2.42. The molecule has 2 aromatic rings. The van der Waals surface area contributed by atoms with Gasteiger partial charge in [-0.2, -0.15) is 9.57 Å². The monoisotopic (exact) mass is 331 g/mol. The van der Waals surface area contributed by atoms with Crippen molar-refractivity contribution in [2.75, 3.05) is 13.1 Å². The average Bonchev–Trinajstić information content (AvgIpc) is 3.09. The van der Waals surface area contributed by atoms with Crippen molar-refractivity contribution in [1.82, 2.24) is 9.29 Å². The molecule has 6 nitrogen and oxygen atoms in total. The van der Waals surface area contributed by atoms with Crippen LogP contribution < -0.4 is 0 Å². The quantitative estimate of drug-likeness (QED) is 0.862. The van der Waals surface area contributed by atoms with E-state index in [0.29, 0.717) is 37.4 Å². The van der Waals surface area contributed by atoms with E-state index in [0.717, 1.165) is 0 Å². The molecule has 2 heterocycles. The SMILES string of the molecule is Cc1cccc(S(=O)(=O)N2CCC(c3ncco3)CC2)c1C#N. The molecule has 0 aliphatic carbocycles. The normalized spacial score (nSPS) is 17.0. The summed E-state index contributed by atoms with van der Waals surface area (Å²) in [5.74, 6) is 0.805. The summed E-state index contributed by atoms with van der Waals surface area (Å²) in [6, 6.07) is 6.92. The number of nitriles is 1. The van der Waals surface area contributed by atoms with Crippen LogP contribution in [-0.4, -0.2) is 30.8 Å². The lowest BCUT2D eigenvalue weighted by Crippen LogP contribution is -2.38. The highest BCUT2D eigenvalue weighted by molar-refractivity contribution is 7.89. The van der Waals surface area contributed by atoms with Gasteiger partial charge in [-0.05, 0) is 31.4 Å². The van der Waals surface area contributed by atoms with E-state index in [1.54, 1.807) is 25.3 Å². The largest absolute Gasteiger partial charge is 0.449 e. The van der Waals surface area contributed by atoms with E-state index in [-0.39, 0.29) is 16.4 Å². The van der Waals surface area contributed by atoms with Crippen LogP contribution in [0.15, 0.2) is 40.0 Å². The molecule has 1 aliphatic rings. The van der Waals surface area contributed by atoms with E-state index >= 15 is 0 Å². The second-order valence-electron chi connectivity index (χ2n) is 5.61. The highest BCUT2D eigenvalue weighted by Gasteiger charge is 2.33. The van der Waals surface area contributed by atoms with E-state index in [9.17, 15) is 13.7 Å². The molecule has 120 valence electrons. The molecule has 0 unspecified atom stereocenters. The smallest absolute Gasteiger partial charge is 0.244 e. The van der Waals surface area contributed by atoms with Crippen LogP contribution in [0.4, 0.5) is 0 Å². The topological polar surface area (TPSA) is 87.2 Å². The van der Waals surface area contributed by atoms with E-state index in [2.05, 4.69) is 4.98 Å². The lowest BCUT2D eigenvalue weighted by atomic mass is 9.98. The number of rotatable bonds is 3. The van der Waals surface area contributed by atoms with Crippen LogP contribution in [0, 0.1) is 18.3 Å². The minimum Gasteiger partial charge on any atom is -0.449 e. The summed E-state index contributed by atoms with van der Waals surface area (Å²) in [6.07, 6.45) is 4.45. The van der Waals surface area contributed by atoms with E-state index in [1.807, 2.05) is 6.07 Å². The van der Waals surface area contributed by atoms with Gasteiger partial charge < -0.3 is 4.42 Å². The van der Waals surface area contributed by atoms with Gasteiger partial charge in [-0.25, -0.2) is 13.4 Å². The van der Waals surface area contributed by atoms with Gasteiger partial charge in [0.1, 0.15) is 17.2 Å². The van der Waals surface area contributed by atoms with Crippen molar-refractivity contribution in [2.45, 2.75) is 30.6 Å². The molecule has 0 radical (unpaired) electrons. The summed E-state index contributed by atoms with van der Waals surface area (Å²) in [7, 11) is -3.66. The molecule has 7 heteroatoms. The van der Waals surface area contributed by atoms with E-state index < -0.39 is 10.0 Å². The maximum atomic E-state index is 12.8. The van der Waals surface area contributed by atoms with Crippen molar-refractivity contribution in [2.24, 2.45) is 0 Å². The van der Waals surface area contributed by atoms with E-state index in [1.165, 1.54) is 16.6 Å². The van der Waals surface area contributed by atoms with Crippen LogP contribution in [0.2, 0.25) is 0 Å². The highest BCUT2D eigenvalue weighted by Crippen LogP contribution is 2.31. The summed E-state index contributed by atoms with van der Waals surface area (Å²) in [6.45, 7) is 2.54. The van der Waals surface area contributed by atoms with Crippen molar-refractivity contribution in [3.05, 3.63) is 47.7 Å². The molecule has 1 aliphatic heterocycles. The van der Waals surface area contributed by atoms with Crippen molar-refractivity contribution >= 4 is 10.0 Å². The third-order valence-electron chi connectivity index (χ3n) is 4.22. The van der Waals surface area contributed by atoms with Gasteiger partial charge in [0.05, 0.1) is 11.8 Å². The second kappa shape index (κ2) is 6.14. The van der Waals surface area contributed by atoms with Crippen LogP contribution in [0.5, 0.6) is 0 Å². The molecule has 0 spiro atoms. The number of hydrogen-bond donors (Lipinski definition) is 0. The number of aromatic nitrogens is 1. The van der Waals surface area contributed by atoms with Gasteiger partial charge in [-0.15, -0.1) is 0 Å². The molecule has 0 amide bonds. The lowest BCUT2D eigenvalue weighted by Gasteiger charge is -2.30. The number of sulfonamides is 1. The third-order valence-corrected chi connectivity index (χ3v) is 6.16. The summed E-state index contributed by atoms with van der Waals surface area (Å²) in [5, 5.41) is 9.27. The Morgan fingerprint density at radius 1 is 1.35 bits per heavy atom. The Balaban J connectivity index is 1.83. The van der Waals surface area contributed by atoms with Gasteiger partial charge in [-0.3, -0.25) is 0 Å². The van der Waals surface area contributed by atoms with Crippen LogP contribution in [0.25, 0.3) is 0 Å². The maximum Gasteiger partial charge on any atom is 0.244 e. The van der Waals surface area contributed by atoms with Gasteiger partial charge in [-0.1, -0.05) is 12.1 Å². The van der Waals surface area contributed by atoms with Gasteiger partial charge in [0.15, 0.2) is 5.89 Å². The fraction of sp³-hybridized carbons (Fsp3) is 0.375. The minimum absolute atomic E-state index is 0.0922. The fourth-order valence-electron chi connectivity index (χ4n) is 2.92. The molecule has 0 atom stereocenters. The number of benzene rings is 1. The number of oxazole rings is 1. The first kappa shape index (κ1) is 15.7. The standard InChI is InChI=1S/C16H17N3O3S/c1-12-3-2-4-15(14(12)11-17)23(20,21)19-8-5-13(6-9-19)16-18-7-10-22-16/h2-4,7,10,13H,5-6,8-9H2,1H3. The Bertz CT molecular complexity index is 830.